The van der Waals surface area contributed by atoms with E-state index in [9.17, 15) is 4.21 Å². The van der Waals surface area contributed by atoms with Crippen molar-refractivity contribution in [1.29, 1.82) is 0 Å². The third-order valence-electron chi connectivity index (χ3n) is 3.06. The second-order valence-corrected chi connectivity index (χ2v) is 6.15. The van der Waals surface area contributed by atoms with Gasteiger partial charge in [-0.15, -0.1) is 0 Å². The van der Waals surface area contributed by atoms with E-state index in [2.05, 4.69) is 19.1 Å². The lowest BCUT2D eigenvalue weighted by Crippen LogP contribution is -2.05. The first-order chi connectivity index (χ1) is 9.19. The van der Waals surface area contributed by atoms with Gasteiger partial charge in [-0.05, 0) is 23.6 Å². The summed E-state index contributed by atoms with van der Waals surface area (Å²) < 4.78 is 12.2. The fourth-order valence-corrected chi connectivity index (χ4v) is 3.39. The molecule has 0 aliphatic heterocycles. The number of nitrogens with two attached hydrogens (primary N) is 1. The molecular formula is C16H19NOS. The van der Waals surface area contributed by atoms with Crippen LogP contribution in [0.1, 0.15) is 22.3 Å². The molecule has 0 heterocycles. The molecule has 0 saturated carbocycles. The molecule has 1 atom stereocenters. The van der Waals surface area contributed by atoms with E-state index in [4.69, 9.17) is 5.73 Å². The lowest BCUT2D eigenvalue weighted by molar-refractivity contribution is 0.682. The van der Waals surface area contributed by atoms with Crippen LogP contribution in [-0.4, -0.2) is 4.21 Å². The van der Waals surface area contributed by atoms with E-state index < -0.39 is 10.8 Å². The largest absolute Gasteiger partial charge is 0.326 e. The van der Waals surface area contributed by atoms with Gasteiger partial charge in [0, 0.05) is 28.9 Å². The summed E-state index contributed by atoms with van der Waals surface area (Å²) in [7, 11) is -0.898. The fourth-order valence-electron chi connectivity index (χ4n) is 2.11. The second kappa shape index (κ2) is 6.64. The highest BCUT2D eigenvalue weighted by Gasteiger charge is 2.06. The monoisotopic (exact) mass is 273 g/mol. The molecule has 19 heavy (non-hydrogen) atoms. The zero-order valence-electron chi connectivity index (χ0n) is 11.1. The van der Waals surface area contributed by atoms with E-state index in [1.807, 2.05) is 36.4 Å². The van der Waals surface area contributed by atoms with Gasteiger partial charge in [-0.25, -0.2) is 0 Å². The summed E-state index contributed by atoms with van der Waals surface area (Å²) in [5.74, 6) is 1.17. The molecule has 0 aromatic heterocycles. The van der Waals surface area contributed by atoms with Crippen LogP contribution < -0.4 is 5.73 Å². The van der Waals surface area contributed by atoms with Gasteiger partial charge >= 0.3 is 0 Å². The molecule has 2 N–H and O–H groups in total. The first-order valence-electron chi connectivity index (χ1n) is 6.36. The number of aryl methyl sites for hydroxylation is 1. The Labute approximate surface area is 117 Å². The summed E-state index contributed by atoms with van der Waals surface area (Å²) in [5, 5.41) is 0. The maximum absolute atomic E-state index is 12.2. The third kappa shape index (κ3) is 4.01. The summed E-state index contributed by atoms with van der Waals surface area (Å²) in [6.07, 6.45) is 0. The topological polar surface area (TPSA) is 43.1 Å². The normalized spacial score (nSPS) is 12.3. The van der Waals surface area contributed by atoms with Crippen molar-refractivity contribution < 1.29 is 4.21 Å². The Bertz CT molecular complexity index is 580. The lowest BCUT2D eigenvalue weighted by atomic mass is 10.1. The Kier molecular flexibility index (Phi) is 4.88. The Morgan fingerprint density at radius 3 is 2.42 bits per heavy atom. The molecule has 2 aromatic carbocycles. The molecule has 0 saturated heterocycles. The molecule has 0 aliphatic rings. The number of benzene rings is 2. The van der Waals surface area contributed by atoms with Crippen LogP contribution in [0.3, 0.4) is 0 Å². The van der Waals surface area contributed by atoms with Gasteiger partial charge in [-0.3, -0.25) is 4.21 Å². The van der Waals surface area contributed by atoms with Crippen molar-refractivity contribution in [2.75, 3.05) is 0 Å². The maximum atomic E-state index is 12.2. The molecule has 0 radical (unpaired) electrons. The maximum Gasteiger partial charge on any atom is 0.0492 e. The fraction of sp³-hybridized carbons (Fsp3) is 0.250. The van der Waals surface area contributed by atoms with Crippen molar-refractivity contribution in [2.45, 2.75) is 25.0 Å². The Morgan fingerprint density at radius 1 is 1.00 bits per heavy atom. The van der Waals surface area contributed by atoms with Crippen LogP contribution >= 0.6 is 0 Å². The summed E-state index contributed by atoms with van der Waals surface area (Å²) in [5.41, 5.74) is 10.2. The summed E-state index contributed by atoms with van der Waals surface area (Å²) >= 11 is 0. The van der Waals surface area contributed by atoms with E-state index in [1.165, 1.54) is 5.56 Å². The molecule has 2 nitrogen and oxygen atoms in total. The second-order valence-electron chi connectivity index (χ2n) is 4.69. The van der Waals surface area contributed by atoms with Crippen LogP contribution in [0.5, 0.6) is 0 Å². The van der Waals surface area contributed by atoms with E-state index in [1.54, 1.807) is 0 Å². The first kappa shape index (κ1) is 14.0. The van der Waals surface area contributed by atoms with Crippen molar-refractivity contribution in [3.05, 3.63) is 70.8 Å². The van der Waals surface area contributed by atoms with Gasteiger partial charge in [0.05, 0.1) is 0 Å². The molecule has 0 fully saturated rings. The van der Waals surface area contributed by atoms with Crippen molar-refractivity contribution >= 4 is 10.8 Å². The lowest BCUT2D eigenvalue weighted by Gasteiger charge is -2.08. The smallest absolute Gasteiger partial charge is 0.0492 e. The van der Waals surface area contributed by atoms with Crippen LogP contribution in [0.25, 0.3) is 0 Å². The highest BCUT2D eigenvalue weighted by molar-refractivity contribution is 7.83. The molecule has 3 heteroatoms. The Hall–Kier alpha value is -1.45. The zero-order valence-corrected chi connectivity index (χ0v) is 12.0. The summed E-state index contributed by atoms with van der Waals surface area (Å²) in [6, 6.07) is 16.1. The number of hydrogen-bond acceptors (Lipinski definition) is 2. The molecule has 0 bridgehead atoms. The van der Waals surface area contributed by atoms with E-state index >= 15 is 0 Å². The molecule has 0 spiro atoms. The van der Waals surface area contributed by atoms with E-state index in [0.29, 0.717) is 18.1 Å². The number of hydrogen-bond donors (Lipinski definition) is 1. The van der Waals surface area contributed by atoms with Crippen molar-refractivity contribution in [1.82, 2.24) is 0 Å². The average Bonchev–Trinajstić information content (AvgIpc) is 2.39. The molecule has 0 aliphatic carbocycles. The zero-order chi connectivity index (χ0) is 13.7. The van der Waals surface area contributed by atoms with Crippen molar-refractivity contribution in [2.24, 2.45) is 5.73 Å². The van der Waals surface area contributed by atoms with Crippen LogP contribution in [0.15, 0.2) is 48.5 Å². The van der Waals surface area contributed by atoms with Gasteiger partial charge in [0.1, 0.15) is 0 Å². The minimum atomic E-state index is -0.898. The molecule has 2 rings (SSSR count). The van der Waals surface area contributed by atoms with Crippen LogP contribution in [0, 0.1) is 6.92 Å². The average molecular weight is 273 g/mol. The molecule has 0 amide bonds. The Balaban J connectivity index is 2.05. The van der Waals surface area contributed by atoms with Crippen LogP contribution in [-0.2, 0) is 28.9 Å². The minimum absolute atomic E-state index is 0.498. The van der Waals surface area contributed by atoms with Crippen LogP contribution in [0.4, 0.5) is 0 Å². The summed E-state index contributed by atoms with van der Waals surface area (Å²) in [6.45, 7) is 2.55. The van der Waals surface area contributed by atoms with Crippen LogP contribution in [0.2, 0.25) is 0 Å². The third-order valence-corrected chi connectivity index (χ3v) is 4.35. The van der Waals surface area contributed by atoms with Gasteiger partial charge in [-0.2, -0.15) is 0 Å². The van der Waals surface area contributed by atoms with E-state index in [0.717, 1.165) is 16.7 Å². The predicted octanol–water partition coefficient (Wildman–Crippen LogP) is 2.90. The predicted molar refractivity (Wildman–Crippen MR) is 81.1 cm³/mol. The summed E-state index contributed by atoms with van der Waals surface area (Å²) in [4.78, 5) is 0. The standard InChI is InChI=1S/C16H19NOS/c1-13-5-4-6-14(9-13)11-19(18)12-16-8-3-2-7-15(16)10-17/h2-9H,10-12,17H2,1H3. The number of rotatable bonds is 5. The highest BCUT2D eigenvalue weighted by Crippen LogP contribution is 2.14. The van der Waals surface area contributed by atoms with Gasteiger partial charge in [0.15, 0.2) is 0 Å². The Morgan fingerprint density at radius 2 is 1.74 bits per heavy atom. The van der Waals surface area contributed by atoms with Gasteiger partial charge < -0.3 is 5.73 Å². The van der Waals surface area contributed by atoms with Gasteiger partial charge in [0.25, 0.3) is 0 Å². The van der Waals surface area contributed by atoms with E-state index in [-0.39, 0.29) is 0 Å². The quantitative estimate of drug-likeness (QED) is 0.910. The van der Waals surface area contributed by atoms with Gasteiger partial charge in [0.2, 0.25) is 0 Å². The van der Waals surface area contributed by atoms with Gasteiger partial charge in [-0.1, -0.05) is 54.1 Å². The van der Waals surface area contributed by atoms with Crippen molar-refractivity contribution in [3.63, 3.8) is 0 Å². The van der Waals surface area contributed by atoms with Crippen molar-refractivity contribution in [3.8, 4) is 0 Å². The first-order valence-corrected chi connectivity index (χ1v) is 7.85. The molecule has 2 aromatic rings. The molecular weight excluding hydrogens is 254 g/mol. The molecule has 100 valence electrons. The molecule has 1 unspecified atom stereocenters. The minimum Gasteiger partial charge on any atom is -0.326 e. The SMILES string of the molecule is Cc1cccc(CS(=O)Cc2ccccc2CN)c1. The highest BCUT2D eigenvalue weighted by atomic mass is 32.2.